The molecule has 0 saturated carbocycles. The molecule has 7 nitrogen and oxygen atoms in total. The molecule has 1 saturated heterocycles. The average molecular weight is 374 g/mol. The van der Waals surface area contributed by atoms with Crippen LogP contribution < -0.4 is 5.32 Å². The molecule has 1 N–H and O–H groups in total. The van der Waals surface area contributed by atoms with Crippen LogP contribution in [0.25, 0.3) is 11.5 Å². The van der Waals surface area contributed by atoms with Gasteiger partial charge in [0.05, 0.1) is 4.90 Å². The molecule has 138 valence electrons. The van der Waals surface area contributed by atoms with Crippen molar-refractivity contribution in [1.82, 2.24) is 9.29 Å². The van der Waals surface area contributed by atoms with E-state index in [1.54, 1.807) is 28.6 Å². The van der Waals surface area contributed by atoms with Crippen LogP contribution in [0.2, 0.25) is 0 Å². The summed E-state index contributed by atoms with van der Waals surface area (Å²) in [5.74, 6) is 0.982. The third kappa shape index (κ3) is 3.59. The number of nitrogens with one attached hydrogen (secondary N) is 1. The Morgan fingerprint density at radius 1 is 1.38 bits per heavy atom. The van der Waals surface area contributed by atoms with E-state index in [-0.39, 0.29) is 16.5 Å². The van der Waals surface area contributed by atoms with E-state index >= 15 is 0 Å². The summed E-state index contributed by atoms with van der Waals surface area (Å²) in [6.07, 6.45) is 1.95. The van der Waals surface area contributed by atoms with E-state index in [2.05, 4.69) is 17.2 Å². The molecule has 2 aromatic rings. The molecule has 0 bridgehead atoms. The van der Waals surface area contributed by atoms with Gasteiger partial charge >= 0.3 is 0 Å². The van der Waals surface area contributed by atoms with Gasteiger partial charge in [-0.3, -0.25) is 0 Å². The summed E-state index contributed by atoms with van der Waals surface area (Å²) < 4.78 is 32.7. The highest BCUT2D eigenvalue weighted by Gasteiger charge is 2.28. The van der Waals surface area contributed by atoms with E-state index in [9.17, 15) is 8.42 Å². The summed E-state index contributed by atoms with van der Waals surface area (Å²) in [6.45, 7) is 5.69. The third-order valence-corrected chi connectivity index (χ3v) is 6.31. The maximum absolute atomic E-state index is 12.8. The Labute approximate surface area is 153 Å². The number of nitrogens with zero attached hydrogens (tertiary/aromatic N) is 3. The molecular formula is C18H22N4O3S. The molecule has 1 fully saturated rings. The largest absolute Gasteiger partial charge is 0.419 e. The molecule has 0 amide bonds. The second kappa shape index (κ2) is 7.48. The highest BCUT2D eigenvalue weighted by Crippen LogP contribution is 2.28. The lowest BCUT2D eigenvalue weighted by Crippen LogP contribution is -2.39. The van der Waals surface area contributed by atoms with Gasteiger partial charge in [-0.15, -0.1) is 0 Å². The van der Waals surface area contributed by atoms with Crippen LogP contribution in [0.5, 0.6) is 0 Å². The number of hydrogen-bond donors (Lipinski definition) is 1. The second-order valence-corrected chi connectivity index (χ2v) is 8.41. The molecule has 0 aliphatic carbocycles. The number of hydrogen-bond acceptors (Lipinski definition) is 6. The van der Waals surface area contributed by atoms with Crippen molar-refractivity contribution in [3.63, 3.8) is 0 Å². The number of sulfonamides is 1. The minimum Gasteiger partial charge on any atom is -0.419 e. The van der Waals surface area contributed by atoms with Gasteiger partial charge in [0.25, 0.3) is 0 Å². The summed E-state index contributed by atoms with van der Waals surface area (Å²) in [5, 5.41) is 12.1. The maximum Gasteiger partial charge on any atom is 0.243 e. The van der Waals surface area contributed by atoms with E-state index in [0.29, 0.717) is 37.0 Å². The van der Waals surface area contributed by atoms with Gasteiger partial charge in [0.1, 0.15) is 6.07 Å². The molecule has 2 heterocycles. The molecule has 8 heteroatoms. The third-order valence-electron chi connectivity index (χ3n) is 4.43. The fourth-order valence-corrected chi connectivity index (χ4v) is 4.68. The fraction of sp³-hybridized carbons (Fsp3) is 0.444. The Hall–Kier alpha value is -2.37. The van der Waals surface area contributed by atoms with Gasteiger partial charge in [0, 0.05) is 25.2 Å². The highest BCUT2D eigenvalue weighted by atomic mass is 32.2. The summed E-state index contributed by atoms with van der Waals surface area (Å²) in [6, 6.07) is 8.42. The first-order chi connectivity index (χ1) is 12.5. The lowest BCUT2D eigenvalue weighted by molar-refractivity contribution is 0.281. The van der Waals surface area contributed by atoms with Gasteiger partial charge in [0.15, 0.2) is 0 Å². The topological polar surface area (TPSA) is 99.2 Å². The molecule has 1 aliphatic heterocycles. The van der Waals surface area contributed by atoms with Crippen molar-refractivity contribution in [2.75, 3.05) is 25.0 Å². The Morgan fingerprint density at radius 3 is 2.73 bits per heavy atom. The van der Waals surface area contributed by atoms with Gasteiger partial charge < -0.3 is 9.73 Å². The lowest BCUT2D eigenvalue weighted by atomic mass is 10.0. The summed E-state index contributed by atoms with van der Waals surface area (Å²) >= 11 is 0. The number of aromatic nitrogens is 1. The lowest BCUT2D eigenvalue weighted by Gasteiger charge is -2.30. The van der Waals surface area contributed by atoms with Crippen molar-refractivity contribution >= 4 is 15.9 Å². The van der Waals surface area contributed by atoms with Gasteiger partial charge in [-0.2, -0.15) is 14.6 Å². The highest BCUT2D eigenvalue weighted by molar-refractivity contribution is 7.89. The van der Waals surface area contributed by atoms with E-state index in [0.717, 1.165) is 12.8 Å². The van der Waals surface area contributed by atoms with Crippen LogP contribution in [-0.2, 0) is 10.0 Å². The molecule has 0 unspecified atom stereocenters. The Kier molecular flexibility index (Phi) is 5.30. The van der Waals surface area contributed by atoms with Gasteiger partial charge in [-0.25, -0.2) is 8.42 Å². The predicted molar refractivity (Wildman–Crippen MR) is 98.0 cm³/mol. The summed E-state index contributed by atoms with van der Waals surface area (Å²) in [7, 11) is -3.49. The predicted octanol–water partition coefficient (Wildman–Crippen LogP) is 3.07. The SMILES string of the molecule is CCNc1oc(-c2ccc(S(=O)(=O)N3CCC[C@H](C)C3)cc2)nc1C#N. The van der Waals surface area contributed by atoms with Crippen LogP contribution in [-0.4, -0.2) is 37.3 Å². The van der Waals surface area contributed by atoms with E-state index < -0.39 is 10.0 Å². The van der Waals surface area contributed by atoms with Gasteiger partial charge in [-0.1, -0.05) is 6.92 Å². The molecular weight excluding hydrogens is 352 g/mol. The van der Waals surface area contributed by atoms with E-state index in [4.69, 9.17) is 9.68 Å². The minimum absolute atomic E-state index is 0.181. The molecule has 1 aromatic heterocycles. The first-order valence-corrected chi connectivity index (χ1v) is 10.1. The quantitative estimate of drug-likeness (QED) is 0.863. The van der Waals surface area contributed by atoms with Crippen molar-refractivity contribution in [3.05, 3.63) is 30.0 Å². The van der Waals surface area contributed by atoms with Gasteiger partial charge in [-0.05, 0) is 49.9 Å². The molecule has 26 heavy (non-hydrogen) atoms. The van der Waals surface area contributed by atoms with Crippen LogP contribution in [0.15, 0.2) is 33.6 Å². The number of anilines is 1. The first kappa shape index (κ1) is 18.4. The fourth-order valence-electron chi connectivity index (χ4n) is 3.08. The van der Waals surface area contributed by atoms with Crippen molar-refractivity contribution in [1.29, 1.82) is 5.26 Å². The summed E-state index contributed by atoms with van der Waals surface area (Å²) in [5.41, 5.74) is 0.803. The van der Waals surface area contributed by atoms with Crippen LogP contribution >= 0.6 is 0 Å². The van der Waals surface area contributed by atoms with Crippen molar-refractivity contribution in [3.8, 4) is 17.5 Å². The maximum atomic E-state index is 12.8. The molecule has 0 spiro atoms. The molecule has 0 radical (unpaired) electrons. The Bertz CT molecular complexity index is 913. The number of rotatable bonds is 5. The molecule has 1 atom stereocenters. The number of piperidine rings is 1. The first-order valence-electron chi connectivity index (χ1n) is 8.71. The molecule has 3 rings (SSSR count). The number of benzene rings is 1. The Morgan fingerprint density at radius 2 is 2.12 bits per heavy atom. The zero-order chi connectivity index (χ0) is 18.7. The monoisotopic (exact) mass is 374 g/mol. The number of oxazole rings is 1. The van der Waals surface area contributed by atoms with E-state index in [1.807, 2.05) is 13.0 Å². The van der Waals surface area contributed by atoms with Gasteiger partial charge in [0.2, 0.25) is 27.5 Å². The second-order valence-electron chi connectivity index (χ2n) is 6.47. The van der Waals surface area contributed by atoms with E-state index in [1.165, 1.54) is 0 Å². The van der Waals surface area contributed by atoms with Crippen molar-refractivity contribution < 1.29 is 12.8 Å². The van der Waals surface area contributed by atoms with Crippen LogP contribution in [0.1, 0.15) is 32.4 Å². The van der Waals surface area contributed by atoms with Crippen LogP contribution in [0, 0.1) is 17.2 Å². The van der Waals surface area contributed by atoms with Crippen molar-refractivity contribution in [2.45, 2.75) is 31.6 Å². The summed E-state index contributed by atoms with van der Waals surface area (Å²) in [4.78, 5) is 4.42. The zero-order valence-corrected chi connectivity index (χ0v) is 15.7. The Balaban J connectivity index is 1.86. The molecule has 1 aromatic carbocycles. The smallest absolute Gasteiger partial charge is 0.243 e. The van der Waals surface area contributed by atoms with Crippen LogP contribution in [0.3, 0.4) is 0 Å². The standard InChI is InChI=1S/C18H22N4O3S/c1-3-20-18-16(11-19)21-17(25-18)14-6-8-15(9-7-14)26(23,24)22-10-4-5-13(2)12-22/h6-9,13,20H,3-5,10,12H2,1-2H3/t13-/m0/s1. The minimum atomic E-state index is -3.49. The molecule has 1 aliphatic rings. The van der Waals surface area contributed by atoms with Crippen molar-refractivity contribution in [2.24, 2.45) is 5.92 Å². The average Bonchev–Trinajstić information content (AvgIpc) is 3.05. The van der Waals surface area contributed by atoms with Crippen LogP contribution in [0.4, 0.5) is 5.88 Å². The number of nitriles is 1. The normalized spacial score (nSPS) is 18.4. The zero-order valence-electron chi connectivity index (χ0n) is 14.9.